The molecule has 2 aromatic rings. The number of carbonyl (C=O) groups excluding carboxylic acids is 1. The second-order valence-electron chi connectivity index (χ2n) is 5.07. The van der Waals surface area contributed by atoms with Crippen molar-refractivity contribution in [1.29, 1.82) is 0 Å². The number of nitrogens with zero attached hydrogens (tertiary/aromatic N) is 2. The smallest absolute Gasteiger partial charge is 0.267 e. The molecule has 7 nitrogen and oxygen atoms in total. The topological polar surface area (TPSA) is 82.4 Å². The van der Waals surface area contributed by atoms with Gasteiger partial charge in [-0.3, -0.25) is 9.59 Å². The highest BCUT2D eigenvalue weighted by Crippen LogP contribution is 2.17. The van der Waals surface area contributed by atoms with Gasteiger partial charge in [0.15, 0.2) is 0 Å². The van der Waals surface area contributed by atoms with Gasteiger partial charge in [0, 0.05) is 6.07 Å². The van der Waals surface area contributed by atoms with E-state index in [1.54, 1.807) is 13.0 Å². The largest absolute Gasteiger partial charge is 0.494 e. The van der Waals surface area contributed by atoms with Crippen molar-refractivity contribution in [2.45, 2.75) is 20.4 Å². The van der Waals surface area contributed by atoms with Crippen LogP contribution in [0.15, 0.2) is 41.2 Å². The first-order valence-corrected chi connectivity index (χ1v) is 7.75. The molecule has 1 N–H and O–H groups in total. The molecular formula is C17H21N3O4. The summed E-state index contributed by atoms with van der Waals surface area (Å²) in [5.41, 5.74) is 0.377. The monoisotopic (exact) mass is 331 g/mol. The first kappa shape index (κ1) is 17.5. The molecule has 0 bridgehead atoms. The van der Waals surface area contributed by atoms with Crippen molar-refractivity contribution in [3.05, 3.63) is 52.4 Å². The van der Waals surface area contributed by atoms with Gasteiger partial charge in [0.25, 0.3) is 5.56 Å². The summed E-state index contributed by atoms with van der Waals surface area (Å²) >= 11 is 0. The molecule has 0 radical (unpaired) electrons. The van der Waals surface area contributed by atoms with E-state index < -0.39 is 0 Å². The van der Waals surface area contributed by atoms with Crippen LogP contribution in [0.1, 0.15) is 12.6 Å². The third kappa shape index (κ3) is 5.42. The summed E-state index contributed by atoms with van der Waals surface area (Å²) in [6, 6.07) is 10.3. The lowest BCUT2D eigenvalue weighted by atomic mass is 10.3. The predicted octanol–water partition coefficient (Wildman–Crippen LogP) is 1.15. The summed E-state index contributed by atoms with van der Waals surface area (Å²) < 4.78 is 12.0. The van der Waals surface area contributed by atoms with Crippen molar-refractivity contribution in [1.82, 2.24) is 15.1 Å². The summed E-state index contributed by atoms with van der Waals surface area (Å²) in [5.74, 6) is 1.20. The number of aryl methyl sites for hydroxylation is 1. The lowest BCUT2D eigenvalue weighted by molar-refractivity contribution is -0.122. The molecule has 1 aromatic carbocycles. The number of amides is 1. The van der Waals surface area contributed by atoms with Gasteiger partial charge in [-0.1, -0.05) is 0 Å². The summed E-state index contributed by atoms with van der Waals surface area (Å²) in [6.07, 6.45) is 0. The zero-order valence-corrected chi connectivity index (χ0v) is 13.8. The first-order chi connectivity index (χ1) is 11.6. The van der Waals surface area contributed by atoms with Gasteiger partial charge >= 0.3 is 0 Å². The van der Waals surface area contributed by atoms with Gasteiger partial charge in [-0.15, -0.1) is 0 Å². The third-order valence-corrected chi connectivity index (χ3v) is 3.12. The molecule has 0 unspecified atom stereocenters. The van der Waals surface area contributed by atoms with Crippen LogP contribution in [-0.4, -0.2) is 35.4 Å². The predicted molar refractivity (Wildman–Crippen MR) is 89.3 cm³/mol. The van der Waals surface area contributed by atoms with Crippen LogP contribution in [0.3, 0.4) is 0 Å². The van der Waals surface area contributed by atoms with Crippen molar-refractivity contribution < 1.29 is 14.3 Å². The number of hydrogen-bond acceptors (Lipinski definition) is 5. The molecule has 0 atom stereocenters. The van der Waals surface area contributed by atoms with Gasteiger partial charge < -0.3 is 14.8 Å². The second-order valence-corrected chi connectivity index (χ2v) is 5.07. The number of aromatic nitrogens is 2. The molecule has 1 heterocycles. The molecule has 0 aliphatic heterocycles. The Morgan fingerprint density at radius 2 is 1.79 bits per heavy atom. The molecule has 7 heteroatoms. The lowest BCUT2D eigenvalue weighted by Crippen LogP contribution is -2.35. The zero-order valence-electron chi connectivity index (χ0n) is 13.8. The molecule has 1 amide bonds. The quantitative estimate of drug-likeness (QED) is 0.734. The van der Waals surface area contributed by atoms with Crippen LogP contribution in [0.2, 0.25) is 0 Å². The van der Waals surface area contributed by atoms with E-state index in [0.717, 1.165) is 10.4 Å². The van der Waals surface area contributed by atoms with E-state index in [1.165, 1.54) is 6.07 Å². The van der Waals surface area contributed by atoms with Crippen LogP contribution in [0.4, 0.5) is 0 Å². The molecule has 2 rings (SSSR count). The number of carbonyl (C=O) groups is 1. The number of ether oxygens (including phenoxy) is 2. The fourth-order valence-corrected chi connectivity index (χ4v) is 2.01. The highest BCUT2D eigenvalue weighted by atomic mass is 16.5. The molecule has 0 saturated heterocycles. The fourth-order valence-electron chi connectivity index (χ4n) is 2.01. The number of nitrogens with one attached hydrogen (secondary N) is 1. The molecule has 0 spiro atoms. The lowest BCUT2D eigenvalue weighted by Gasteiger charge is -2.09. The van der Waals surface area contributed by atoms with Crippen LogP contribution in [-0.2, 0) is 11.3 Å². The Morgan fingerprint density at radius 3 is 2.46 bits per heavy atom. The van der Waals surface area contributed by atoms with Crippen LogP contribution in [0.5, 0.6) is 11.5 Å². The van der Waals surface area contributed by atoms with Gasteiger partial charge in [0.1, 0.15) is 24.7 Å². The van der Waals surface area contributed by atoms with Gasteiger partial charge in [-0.2, -0.15) is 5.10 Å². The zero-order chi connectivity index (χ0) is 17.4. The molecule has 24 heavy (non-hydrogen) atoms. The first-order valence-electron chi connectivity index (χ1n) is 7.75. The maximum absolute atomic E-state index is 11.8. The highest BCUT2D eigenvalue weighted by molar-refractivity contribution is 5.75. The molecule has 0 aliphatic rings. The summed E-state index contributed by atoms with van der Waals surface area (Å²) in [5, 5.41) is 6.70. The van der Waals surface area contributed by atoms with Gasteiger partial charge in [-0.25, -0.2) is 4.68 Å². The standard InChI is InChI=1S/C17H21N3O4/c1-3-23-14-5-7-15(8-6-14)24-11-10-18-16(21)12-20-17(22)9-4-13(2)19-20/h4-9H,3,10-12H2,1-2H3,(H,18,21). The molecule has 0 saturated carbocycles. The number of hydrogen-bond donors (Lipinski definition) is 1. The molecule has 1 aromatic heterocycles. The normalized spacial score (nSPS) is 10.2. The summed E-state index contributed by atoms with van der Waals surface area (Å²) in [6.45, 7) is 4.86. The number of rotatable bonds is 8. The maximum Gasteiger partial charge on any atom is 0.267 e. The molecule has 0 aliphatic carbocycles. The highest BCUT2D eigenvalue weighted by Gasteiger charge is 2.05. The second kappa shape index (κ2) is 8.71. The van der Waals surface area contributed by atoms with Crippen LogP contribution >= 0.6 is 0 Å². The van der Waals surface area contributed by atoms with Gasteiger partial charge in [0.05, 0.1) is 18.8 Å². The molecular weight excluding hydrogens is 310 g/mol. The van der Waals surface area contributed by atoms with E-state index in [1.807, 2.05) is 31.2 Å². The fraction of sp³-hybridized carbons (Fsp3) is 0.353. The van der Waals surface area contributed by atoms with E-state index in [4.69, 9.17) is 9.47 Å². The maximum atomic E-state index is 11.8. The van der Waals surface area contributed by atoms with Crippen molar-refractivity contribution in [3.8, 4) is 11.5 Å². The van der Waals surface area contributed by atoms with E-state index >= 15 is 0 Å². The average Bonchev–Trinajstić information content (AvgIpc) is 2.57. The summed E-state index contributed by atoms with van der Waals surface area (Å²) in [4.78, 5) is 23.4. The van der Waals surface area contributed by atoms with Crippen LogP contribution in [0, 0.1) is 6.92 Å². The Labute approximate surface area is 140 Å². The van der Waals surface area contributed by atoms with Crippen molar-refractivity contribution in [2.24, 2.45) is 0 Å². The van der Waals surface area contributed by atoms with Crippen LogP contribution < -0.4 is 20.3 Å². The van der Waals surface area contributed by atoms with E-state index in [-0.39, 0.29) is 18.0 Å². The van der Waals surface area contributed by atoms with Crippen LogP contribution in [0.25, 0.3) is 0 Å². The number of benzene rings is 1. The minimum absolute atomic E-state index is 0.108. The van der Waals surface area contributed by atoms with E-state index in [2.05, 4.69) is 10.4 Å². The average molecular weight is 331 g/mol. The Bertz CT molecular complexity index is 725. The Balaban J connectivity index is 1.72. The van der Waals surface area contributed by atoms with Crippen molar-refractivity contribution in [3.63, 3.8) is 0 Å². The Kier molecular flexibility index (Phi) is 6.36. The Hall–Kier alpha value is -2.83. The van der Waals surface area contributed by atoms with E-state index in [9.17, 15) is 9.59 Å². The van der Waals surface area contributed by atoms with E-state index in [0.29, 0.717) is 31.2 Å². The molecule has 128 valence electrons. The van der Waals surface area contributed by atoms with Crippen molar-refractivity contribution in [2.75, 3.05) is 19.8 Å². The third-order valence-electron chi connectivity index (χ3n) is 3.12. The van der Waals surface area contributed by atoms with Crippen molar-refractivity contribution >= 4 is 5.91 Å². The summed E-state index contributed by atoms with van der Waals surface area (Å²) in [7, 11) is 0. The van der Waals surface area contributed by atoms with Gasteiger partial charge in [-0.05, 0) is 44.2 Å². The van der Waals surface area contributed by atoms with Gasteiger partial charge in [0.2, 0.25) is 5.91 Å². The minimum atomic E-state index is -0.304. The molecule has 0 fully saturated rings. The SMILES string of the molecule is CCOc1ccc(OCCNC(=O)Cn2nc(C)ccc2=O)cc1. The minimum Gasteiger partial charge on any atom is -0.494 e. The Morgan fingerprint density at radius 1 is 1.12 bits per heavy atom.